The standard InChI is InChI=1S/C20H14N2O4S/c21-19-12(15-9-27-10-22-15)4-2-6-14(19)17-8-16(23)13-5-1-3-11(7-18(24)25)20(13)26-17/h1-6,8-10H,7,21H2,(H,24,25). The molecule has 2 heterocycles. The van der Waals surface area contributed by atoms with Crippen LogP contribution in [-0.2, 0) is 11.2 Å². The van der Waals surface area contributed by atoms with Gasteiger partial charge in [-0.25, -0.2) is 4.98 Å². The number of carboxylic acid groups (broad SMARTS) is 1. The number of carboxylic acids is 1. The number of aromatic nitrogens is 1. The summed E-state index contributed by atoms with van der Waals surface area (Å²) in [6.07, 6.45) is -0.238. The van der Waals surface area contributed by atoms with Gasteiger partial charge in [-0.05, 0) is 12.1 Å². The molecule has 4 aromatic rings. The van der Waals surface area contributed by atoms with Crippen LogP contribution in [0.25, 0.3) is 33.6 Å². The monoisotopic (exact) mass is 378 g/mol. The van der Waals surface area contributed by atoms with E-state index in [4.69, 9.17) is 15.3 Å². The highest BCUT2D eigenvalue weighted by Gasteiger charge is 2.16. The molecule has 0 radical (unpaired) electrons. The number of hydrogen-bond acceptors (Lipinski definition) is 6. The van der Waals surface area contributed by atoms with Crippen LogP contribution in [0.15, 0.2) is 62.6 Å². The van der Waals surface area contributed by atoms with Crippen molar-refractivity contribution in [2.75, 3.05) is 5.73 Å². The molecule has 134 valence electrons. The van der Waals surface area contributed by atoms with Crippen molar-refractivity contribution in [3.05, 3.63) is 69.1 Å². The lowest BCUT2D eigenvalue weighted by molar-refractivity contribution is -0.136. The molecule has 2 aromatic carbocycles. The zero-order chi connectivity index (χ0) is 19.0. The normalized spacial score (nSPS) is 11.0. The van der Waals surface area contributed by atoms with Crippen molar-refractivity contribution in [3.63, 3.8) is 0 Å². The van der Waals surface area contributed by atoms with Crippen LogP contribution in [0.4, 0.5) is 5.69 Å². The number of thiazole rings is 1. The Bertz CT molecular complexity index is 1210. The summed E-state index contributed by atoms with van der Waals surface area (Å²) < 4.78 is 5.95. The second-order valence-corrected chi connectivity index (χ2v) is 6.70. The summed E-state index contributed by atoms with van der Waals surface area (Å²) >= 11 is 1.46. The Morgan fingerprint density at radius 2 is 1.96 bits per heavy atom. The summed E-state index contributed by atoms with van der Waals surface area (Å²) in [6.45, 7) is 0. The Labute approximate surface area is 157 Å². The smallest absolute Gasteiger partial charge is 0.307 e. The third-order valence-electron chi connectivity index (χ3n) is 4.26. The van der Waals surface area contributed by atoms with E-state index in [-0.39, 0.29) is 17.4 Å². The highest BCUT2D eigenvalue weighted by atomic mass is 32.1. The van der Waals surface area contributed by atoms with Crippen LogP contribution in [-0.4, -0.2) is 16.1 Å². The topological polar surface area (TPSA) is 106 Å². The maximum absolute atomic E-state index is 12.6. The van der Waals surface area contributed by atoms with Crippen molar-refractivity contribution in [1.82, 2.24) is 4.98 Å². The van der Waals surface area contributed by atoms with Gasteiger partial charge in [0.05, 0.1) is 28.7 Å². The molecular weight excluding hydrogens is 364 g/mol. The fraction of sp³-hybridized carbons (Fsp3) is 0.0500. The number of nitrogen functional groups attached to an aromatic ring is 1. The Kier molecular flexibility index (Phi) is 4.21. The number of anilines is 1. The van der Waals surface area contributed by atoms with E-state index < -0.39 is 5.97 Å². The minimum atomic E-state index is -0.999. The predicted molar refractivity (Wildman–Crippen MR) is 105 cm³/mol. The van der Waals surface area contributed by atoms with Crippen LogP contribution in [0.5, 0.6) is 0 Å². The molecule has 4 rings (SSSR count). The number of carbonyl (C=O) groups is 1. The molecule has 0 aliphatic heterocycles. The summed E-state index contributed by atoms with van der Waals surface area (Å²) in [7, 11) is 0. The molecule has 0 fully saturated rings. The summed E-state index contributed by atoms with van der Waals surface area (Å²) in [5.41, 5.74) is 11.0. The molecule has 0 aliphatic carbocycles. The molecular formula is C20H14N2O4S. The molecule has 0 amide bonds. The molecule has 7 heteroatoms. The van der Waals surface area contributed by atoms with Crippen molar-refractivity contribution in [2.45, 2.75) is 6.42 Å². The fourth-order valence-corrected chi connectivity index (χ4v) is 3.57. The molecule has 0 saturated carbocycles. The van der Waals surface area contributed by atoms with Gasteiger partial charge < -0.3 is 15.3 Å². The second-order valence-electron chi connectivity index (χ2n) is 5.98. The highest BCUT2D eigenvalue weighted by molar-refractivity contribution is 7.07. The van der Waals surface area contributed by atoms with Gasteiger partial charge in [0.2, 0.25) is 0 Å². The van der Waals surface area contributed by atoms with Crippen molar-refractivity contribution in [1.29, 1.82) is 0 Å². The lowest BCUT2D eigenvalue weighted by atomic mass is 10.0. The largest absolute Gasteiger partial charge is 0.481 e. The van der Waals surface area contributed by atoms with Gasteiger partial charge in [0.25, 0.3) is 0 Å². The predicted octanol–water partition coefficient (Wildman–Crippen LogP) is 3.79. The number of benzene rings is 2. The van der Waals surface area contributed by atoms with Crippen LogP contribution < -0.4 is 11.2 Å². The number of rotatable bonds is 4. The van der Waals surface area contributed by atoms with E-state index in [1.807, 2.05) is 17.5 Å². The number of aliphatic carboxylic acids is 1. The molecule has 0 bridgehead atoms. The highest BCUT2D eigenvalue weighted by Crippen LogP contribution is 2.35. The second kappa shape index (κ2) is 6.69. The molecule has 0 saturated heterocycles. The quantitative estimate of drug-likeness (QED) is 0.523. The van der Waals surface area contributed by atoms with Gasteiger partial charge in [-0.1, -0.05) is 24.3 Å². The van der Waals surface area contributed by atoms with Gasteiger partial charge in [-0.3, -0.25) is 9.59 Å². The SMILES string of the molecule is Nc1c(-c2cscn2)cccc1-c1cc(=O)c2cccc(CC(=O)O)c2o1. The van der Waals surface area contributed by atoms with E-state index >= 15 is 0 Å². The maximum Gasteiger partial charge on any atom is 0.307 e. The average Bonchev–Trinajstić information content (AvgIpc) is 3.16. The van der Waals surface area contributed by atoms with Gasteiger partial charge >= 0.3 is 5.97 Å². The zero-order valence-corrected chi connectivity index (χ0v) is 14.8. The van der Waals surface area contributed by atoms with Crippen molar-refractivity contribution in [3.8, 4) is 22.6 Å². The van der Waals surface area contributed by atoms with E-state index in [9.17, 15) is 9.59 Å². The first kappa shape index (κ1) is 17.0. The zero-order valence-electron chi connectivity index (χ0n) is 14.0. The molecule has 0 spiro atoms. The van der Waals surface area contributed by atoms with Crippen LogP contribution in [0, 0.1) is 0 Å². The third kappa shape index (κ3) is 3.09. The lowest BCUT2D eigenvalue weighted by Gasteiger charge is -2.11. The third-order valence-corrected chi connectivity index (χ3v) is 4.84. The van der Waals surface area contributed by atoms with Crippen molar-refractivity contribution >= 4 is 34.0 Å². The minimum Gasteiger partial charge on any atom is -0.481 e. The summed E-state index contributed by atoms with van der Waals surface area (Å²) in [5.74, 6) is -0.708. The van der Waals surface area contributed by atoms with Crippen LogP contribution in [0.3, 0.4) is 0 Å². The first-order valence-electron chi connectivity index (χ1n) is 8.09. The number of nitrogens with two attached hydrogens (primary N) is 1. The lowest BCUT2D eigenvalue weighted by Crippen LogP contribution is -2.06. The van der Waals surface area contributed by atoms with Crippen molar-refractivity contribution in [2.24, 2.45) is 0 Å². The Morgan fingerprint density at radius 1 is 1.19 bits per heavy atom. The number of para-hydroxylation sites is 2. The molecule has 6 nitrogen and oxygen atoms in total. The fourth-order valence-electron chi connectivity index (χ4n) is 3.02. The maximum atomic E-state index is 12.6. The van der Waals surface area contributed by atoms with Gasteiger partial charge in [0.1, 0.15) is 11.3 Å². The number of nitrogens with zero attached hydrogens (tertiary/aromatic N) is 1. The summed E-state index contributed by atoms with van der Waals surface area (Å²) in [5, 5.41) is 11.3. The Balaban J connectivity index is 1.94. The Hall–Kier alpha value is -3.45. The van der Waals surface area contributed by atoms with Crippen LogP contribution in [0.2, 0.25) is 0 Å². The molecule has 3 N–H and O–H groups in total. The van der Waals surface area contributed by atoms with Crippen LogP contribution in [0.1, 0.15) is 5.56 Å². The van der Waals surface area contributed by atoms with Crippen molar-refractivity contribution < 1.29 is 14.3 Å². The van der Waals surface area contributed by atoms with Gasteiger partial charge in [0.15, 0.2) is 5.43 Å². The number of fused-ring (bicyclic) bond motifs is 1. The van der Waals surface area contributed by atoms with Gasteiger partial charge in [-0.2, -0.15) is 0 Å². The first-order chi connectivity index (χ1) is 13.0. The first-order valence-corrected chi connectivity index (χ1v) is 9.04. The molecule has 0 atom stereocenters. The molecule has 2 aromatic heterocycles. The molecule has 0 unspecified atom stereocenters. The minimum absolute atomic E-state index is 0.238. The van der Waals surface area contributed by atoms with E-state index in [0.717, 1.165) is 11.3 Å². The number of hydrogen-bond donors (Lipinski definition) is 2. The Morgan fingerprint density at radius 3 is 2.70 bits per heavy atom. The molecule has 0 aliphatic rings. The van der Waals surface area contributed by atoms with E-state index in [0.29, 0.717) is 28.0 Å². The summed E-state index contributed by atoms with van der Waals surface area (Å²) in [4.78, 5) is 28.0. The molecule has 27 heavy (non-hydrogen) atoms. The van der Waals surface area contributed by atoms with E-state index in [1.165, 1.54) is 17.4 Å². The van der Waals surface area contributed by atoms with Gasteiger partial charge in [0, 0.05) is 28.1 Å². The van der Waals surface area contributed by atoms with Gasteiger partial charge in [-0.15, -0.1) is 11.3 Å². The van der Waals surface area contributed by atoms with E-state index in [1.54, 1.807) is 29.8 Å². The van der Waals surface area contributed by atoms with E-state index in [2.05, 4.69) is 4.98 Å². The average molecular weight is 378 g/mol. The van der Waals surface area contributed by atoms with Crippen LogP contribution >= 0.6 is 11.3 Å². The summed E-state index contributed by atoms with van der Waals surface area (Å²) in [6, 6.07) is 11.7.